The van der Waals surface area contributed by atoms with Crippen molar-refractivity contribution in [1.29, 1.82) is 0 Å². The van der Waals surface area contributed by atoms with Crippen LogP contribution in [-0.2, 0) is 6.42 Å². The Labute approximate surface area is 139 Å². The van der Waals surface area contributed by atoms with Gasteiger partial charge in [-0.05, 0) is 48.6 Å². The molecule has 122 valence electrons. The summed E-state index contributed by atoms with van der Waals surface area (Å²) in [7, 11) is 0. The number of benzene rings is 2. The van der Waals surface area contributed by atoms with Crippen LogP contribution in [0, 0.1) is 17.6 Å². The molecule has 23 heavy (non-hydrogen) atoms. The minimum atomic E-state index is -0.565. The number of nitrogens with zero attached hydrogens (tertiary/aromatic N) is 1. The first kappa shape index (κ1) is 16.2. The molecule has 1 saturated heterocycles. The zero-order chi connectivity index (χ0) is 16.4. The van der Waals surface area contributed by atoms with Crippen molar-refractivity contribution in [3.63, 3.8) is 0 Å². The molecule has 5 heteroatoms. The Kier molecular flexibility index (Phi) is 4.83. The van der Waals surface area contributed by atoms with E-state index in [0.717, 1.165) is 18.9 Å². The molecule has 0 aliphatic carbocycles. The first-order chi connectivity index (χ1) is 11.0. The van der Waals surface area contributed by atoms with Gasteiger partial charge in [-0.1, -0.05) is 23.7 Å². The molecular formula is C18H19ClF2N2. The Balaban J connectivity index is 1.74. The molecule has 2 atom stereocenters. The lowest BCUT2D eigenvalue weighted by Gasteiger charge is -2.38. The first-order valence-electron chi connectivity index (χ1n) is 7.71. The molecule has 2 unspecified atom stereocenters. The molecule has 0 aromatic heterocycles. The van der Waals surface area contributed by atoms with Gasteiger partial charge in [0.1, 0.15) is 11.6 Å². The standard InChI is InChI=1S/C18H19ClF2N2/c19-14-3-1-12(2-4-14)7-13-8-16(22)11-23(10-13)18-6-5-15(20)9-17(18)21/h1-6,9,13,16H,7-8,10-11,22H2. The third-order valence-electron chi connectivity index (χ3n) is 4.26. The van der Waals surface area contributed by atoms with Crippen LogP contribution in [0.1, 0.15) is 12.0 Å². The first-order valence-corrected chi connectivity index (χ1v) is 8.09. The van der Waals surface area contributed by atoms with Gasteiger partial charge in [-0.2, -0.15) is 0 Å². The maximum absolute atomic E-state index is 14.0. The predicted molar refractivity (Wildman–Crippen MR) is 89.8 cm³/mol. The van der Waals surface area contributed by atoms with Crippen LogP contribution >= 0.6 is 11.6 Å². The van der Waals surface area contributed by atoms with E-state index in [1.165, 1.54) is 17.7 Å². The molecule has 2 N–H and O–H groups in total. The molecule has 1 aliphatic heterocycles. The van der Waals surface area contributed by atoms with Crippen LogP contribution in [0.4, 0.5) is 14.5 Å². The second-order valence-electron chi connectivity index (χ2n) is 6.19. The van der Waals surface area contributed by atoms with Gasteiger partial charge in [0.2, 0.25) is 0 Å². The minimum absolute atomic E-state index is 0.0227. The van der Waals surface area contributed by atoms with Crippen LogP contribution < -0.4 is 10.6 Å². The van der Waals surface area contributed by atoms with Crippen molar-refractivity contribution >= 4 is 17.3 Å². The Morgan fingerprint density at radius 2 is 1.83 bits per heavy atom. The molecule has 0 bridgehead atoms. The molecule has 1 aliphatic rings. The van der Waals surface area contributed by atoms with Crippen LogP contribution in [0.5, 0.6) is 0 Å². The predicted octanol–water partition coefficient (Wildman–Crippen LogP) is 4.01. The van der Waals surface area contributed by atoms with Gasteiger partial charge in [-0.25, -0.2) is 8.78 Å². The van der Waals surface area contributed by atoms with E-state index in [2.05, 4.69) is 0 Å². The van der Waals surface area contributed by atoms with Crippen LogP contribution in [0.3, 0.4) is 0 Å². The second-order valence-corrected chi connectivity index (χ2v) is 6.63. The maximum Gasteiger partial charge on any atom is 0.149 e. The zero-order valence-electron chi connectivity index (χ0n) is 12.7. The van der Waals surface area contributed by atoms with Gasteiger partial charge in [0, 0.05) is 30.2 Å². The highest BCUT2D eigenvalue weighted by Gasteiger charge is 2.27. The van der Waals surface area contributed by atoms with Crippen LogP contribution in [0.2, 0.25) is 5.02 Å². The Morgan fingerprint density at radius 1 is 1.09 bits per heavy atom. The van der Waals surface area contributed by atoms with Crippen LogP contribution in [0.15, 0.2) is 42.5 Å². The molecular weight excluding hydrogens is 318 g/mol. The number of piperidine rings is 1. The third kappa shape index (κ3) is 4.01. The zero-order valence-corrected chi connectivity index (χ0v) is 13.4. The van der Waals surface area contributed by atoms with E-state index < -0.39 is 11.6 Å². The van der Waals surface area contributed by atoms with Gasteiger partial charge in [-0.3, -0.25) is 0 Å². The fraction of sp³-hybridized carbons (Fsp3) is 0.333. The van der Waals surface area contributed by atoms with Gasteiger partial charge in [0.15, 0.2) is 0 Å². The minimum Gasteiger partial charge on any atom is -0.367 e. The van der Waals surface area contributed by atoms with Gasteiger partial charge < -0.3 is 10.6 Å². The summed E-state index contributed by atoms with van der Waals surface area (Å²) in [4.78, 5) is 1.92. The number of anilines is 1. The Hall–Kier alpha value is -1.65. The lowest BCUT2D eigenvalue weighted by molar-refractivity contribution is 0.372. The lowest BCUT2D eigenvalue weighted by atomic mass is 9.89. The van der Waals surface area contributed by atoms with Crippen molar-refractivity contribution in [3.05, 3.63) is 64.7 Å². The fourth-order valence-electron chi connectivity index (χ4n) is 3.28. The molecule has 1 fully saturated rings. The van der Waals surface area contributed by atoms with Gasteiger partial charge >= 0.3 is 0 Å². The summed E-state index contributed by atoms with van der Waals surface area (Å²) in [5.74, 6) is -0.779. The van der Waals surface area contributed by atoms with Crippen LogP contribution in [0.25, 0.3) is 0 Å². The second kappa shape index (κ2) is 6.85. The number of rotatable bonds is 3. The summed E-state index contributed by atoms with van der Waals surface area (Å²) in [5, 5.41) is 0.712. The molecule has 2 aromatic rings. The van der Waals surface area contributed by atoms with E-state index in [1.807, 2.05) is 29.2 Å². The van der Waals surface area contributed by atoms with E-state index in [1.54, 1.807) is 0 Å². The lowest BCUT2D eigenvalue weighted by Crippen LogP contribution is -2.48. The average molecular weight is 337 g/mol. The highest BCUT2D eigenvalue weighted by atomic mass is 35.5. The quantitative estimate of drug-likeness (QED) is 0.917. The molecule has 0 amide bonds. The summed E-state index contributed by atoms with van der Waals surface area (Å²) < 4.78 is 27.1. The van der Waals surface area contributed by atoms with E-state index >= 15 is 0 Å². The summed E-state index contributed by atoms with van der Waals surface area (Å²) in [6.45, 7) is 1.29. The van der Waals surface area contributed by atoms with Gasteiger partial charge in [0.25, 0.3) is 0 Å². The third-order valence-corrected chi connectivity index (χ3v) is 4.51. The van der Waals surface area contributed by atoms with Crippen molar-refractivity contribution in [1.82, 2.24) is 0 Å². The molecule has 1 heterocycles. The number of hydrogen-bond acceptors (Lipinski definition) is 2. The smallest absolute Gasteiger partial charge is 0.149 e. The number of halogens is 3. The highest BCUT2D eigenvalue weighted by molar-refractivity contribution is 6.30. The summed E-state index contributed by atoms with van der Waals surface area (Å²) in [6, 6.07) is 11.4. The monoisotopic (exact) mass is 336 g/mol. The summed E-state index contributed by atoms with van der Waals surface area (Å²) in [5.41, 5.74) is 7.76. The van der Waals surface area contributed by atoms with Crippen molar-refractivity contribution in [2.24, 2.45) is 11.7 Å². The Morgan fingerprint density at radius 3 is 2.52 bits per heavy atom. The van der Waals surface area contributed by atoms with E-state index in [0.29, 0.717) is 29.7 Å². The molecule has 2 nitrogen and oxygen atoms in total. The topological polar surface area (TPSA) is 29.3 Å². The normalized spacial score (nSPS) is 21.5. The maximum atomic E-state index is 14.0. The van der Waals surface area contributed by atoms with Crippen molar-refractivity contribution in [2.75, 3.05) is 18.0 Å². The number of hydrogen-bond donors (Lipinski definition) is 1. The van der Waals surface area contributed by atoms with Gasteiger partial charge in [0.05, 0.1) is 5.69 Å². The fourth-order valence-corrected chi connectivity index (χ4v) is 3.41. The van der Waals surface area contributed by atoms with Crippen molar-refractivity contribution in [3.8, 4) is 0 Å². The van der Waals surface area contributed by atoms with Crippen LogP contribution in [-0.4, -0.2) is 19.1 Å². The van der Waals surface area contributed by atoms with E-state index in [9.17, 15) is 8.78 Å². The summed E-state index contributed by atoms with van der Waals surface area (Å²) in [6.07, 6.45) is 1.76. The van der Waals surface area contributed by atoms with E-state index in [4.69, 9.17) is 17.3 Å². The molecule has 0 saturated carbocycles. The largest absolute Gasteiger partial charge is 0.367 e. The molecule has 0 spiro atoms. The van der Waals surface area contributed by atoms with Gasteiger partial charge in [-0.15, -0.1) is 0 Å². The van der Waals surface area contributed by atoms with Crippen molar-refractivity contribution < 1.29 is 8.78 Å². The molecule has 2 aromatic carbocycles. The SMILES string of the molecule is NC1CC(Cc2ccc(Cl)cc2)CN(c2ccc(F)cc2F)C1. The van der Waals surface area contributed by atoms with Crippen molar-refractivity contribution in [2.45, 2.75) is 18.9 Å². The van der Waals surface area contributed by atoms with E-state index in [-0.39, 0.29) is 6.04 Å². The molecule has 3 rings (SSSR count). The Bertz CT molecular complexity index is 675. The molecule has 0 radical (unpaired) electrons. The highest BCUT2D eigenvalue weighted by Crippen LogP contribution is 2.27. The summed E-state index contributed by atoms with van der Waals surface area (Å²) >= 11 is 5.91. The number of nitrogens with two attached hydrogens (primary N) is 1. The average Bonchev–Trinajstić information content (AvgIpc) is 2.49.